The lowest BCUT2D eigenvalue weighted by Crippen LogP contribution is -2.40. The van der Waals surface area contributed by atoms with Crippen LogP contribution in [-0.4, -0.2) is 69.3 Å². The van der Waals surface area contributed by atoms with E-state index < -0.39 is 29.8 Å². The Morgan fingerprint density at radius 1 is 1.21 bits per heavy atom. The number of rotatable bonds is 10. The van der Waals surface area contributed by atoms with Crippen LogP contribution in [0.5, 0.6) is 0 Å². The van der Waals surface area contributed by atoms with E-state index in [1.54, 1.807) is 64.1 Å². The van der Waals surface area contributed by atoms with Gasteiger partial charge in [-0.2, -0.15) is 0 Å². The molecular weight excluding hydrogens is 592 g/mol. The Bertz CT molecular complexity index is 1460. The fraction of sp³-hybridized carbons (Fsp3) is 0.419. The van der Waals surface area contributed by atoms with E-state index in [0.29, 0.717) is 53.0 Å². The van der Waals surface area contributed by atoms with Gasteiger partial charge in [0.2, 0.25) is 5.91 Å². The van der Waals surface area contributed by atoms with Gasteiger partial charge in [-0.25, -0.2) is 14.6 Å². The van der Waals surface area contributed by atoms with Crippen LogP contribution in [0.3, 0.4) is 0 Å². The highest BCUT2D eigenvalue weighted by atomic mass is 35.5. The molecule has 2 aromatic carbocycles. The maximum atomic E-state index is 13.2. The fourth-order valence-corrected chi connectivity index (χ4v) is 6.01. The molecule has 1 saturated heterocycles. The lowest BCUT2D eigenvalue weighted by atomic mass is 10.1. The molecule has 1 aliphatic heterocycles. The number of amides is 2. The van der Waals surface area contributed by atoms with Crippen molar-refractivity contribution < 1.29 is 29.3 Å². The second-order valence-electron chi connectivity index (χ2n) is 11.5. The standard InChI is InChI=1S/C31H37ClN4O6S/c1-19-26(28(39)40)43-29(33-19)36-15-6-9-24(36)27(38)34-23-12-10-20(11-13-23)14-16-35(30(41)42-31(2,3)4)18-25(37)21-7-5-8-22(32)17-21/h5,7-8,10-13,17,24-25,37H,6,9,14-16,18H2,1-4H3,(H,34,38)(H,39,40). The number of aryl methyl sites for hydroxylation is 1. The Labute approximate surface area is 260 Å². The van der Waals surface area contributed by atoms with Gasteiger partial charge in [0.15, 0.2) is 5.13 Å². The fourth-order valence-electron chi connectivity index (χ4n) is 4.83. The summed E-state index contributed by atoms with van der Waals surface area (Å²) >= 11 is 7.17. The summed E-state index contributed by atoms with van der Waals surface area (Å²) in [6.45, 7) is 8.00. The summed E-state index contributed by atoms with van der Waals surface area (Å²) < 4.78 is 5.59. The molecule has 3 N–H and O–H groups in total. The minimum atomic E-state index is -1.02. The van der Waals surface area contributed by atoms with Crippen LogP contribution < -0.4 is 10.2 Å². The number of nitrogens with zero attached hydrogens (tertiary/aromatic N) is 3. The number of carbonyl (C=O) groups is 3. The first kappa shape index (κ1) is 32.2. The highest BCUT2D eigenvalue weighted by Crippen LogP contribution is 2.32. The van der Waals surface area contributed by atoms with Crippen molar-refractivity contribution in [1.82, 2.24) is 9.88 Å². The predicted molar refractivity (Wildman–Crippen MR) is 167 cm³/mol. The van der Waals surface area contributed by atoms with Crippen molar-refractivity contribution in [3.63, 3.8) is 0 Å². The van der Waals surface area contributed by atoms with E-state index in [4.69, 9.17) is 16.3 Å². The first-order chi connectivity index (χ1) is 20.3. The van der Waals surface area contributed by atoms with Crippen LogP contribution >= 0.6 is 22.9 Å². The Hall–Kier alpha value is -3.67. The maximum Gasteiger partial charge on any atom is 0.410 e. The number of halogens is 1. The number of carboxylic acids is 1. The summed E-state index contributed by atoms with van der Waals surface area (Å²) in [5.74, 6) is -1.20. The van der Waals surface area contributed by atoms with Crippen molar-refractivity contribution in [3.8, 4) is 0 Å². The van der Waals surface area contributed by atoms with Crippen LogP contribution in [0.15, 0.2) is 48.5 Å². The molecule has 1 fully saturated rings. The quantitative estimate of drug-likeness (QED) is 0.252. The molecule has 230 valence electrons. The van der Waals surface area contributed by atoms with Crippen molar-refractivity contribution in [1.29, 1.82) is 0 Å². The molecule has 2 unspecified atom stereocenters. The van der Waals surface area contributed by atoms with Gasteiger partial charge in [0.05, 0.1) is 18.3 Å². The average molecular weight is 629 g/mol. The molecule has 0 saturated carbocycles. The molecule has 3 aromatic rings. The SMILES string of the molecule is Cc1nc(N2CCCC2C(=O)Nc2ccc(CCN(CC(O)c3cccc(Cl)c3)C(=O)OC(C)(C)C)cc2)sc1C(=O)O. The van der Waals surface area contributed by atoms with Crippen molar-refractivity contribution in [2.24, 2.45) is 0 Å². The highest BCUT2D eigenvalue weighted by Gasteiger charge is 2.33. The number of hydrogen-bond acceptors (Lipinski definition) is 8. The number of aliphatic hydroxyl groups excluding tert-OH is 1. The van der Waals surface area contributed by atoms with Gasteiger partial charge < -0.3 is 30.1 Å². The van der Waals surface area contributed by atoms with Gasteiger partial charge in [-0.05, 0) is 82.3 Å². The van der Waals surface area contributed by atoms with Gasteiger partial charge in [-0.1, -0.05) is 47.2 Å². The van der Waals surface area contributed by atoms with Crippen LogP contribution in [0.2, 0.25) is 5.02 Å². The average Bonchev–Trinajstić information content (AvgIpc) is 3.57. The first-order valence-corrected chi connectivity index (χ1v) is 15.3. The Balaban J connectivity index is 1.38. The van der Waals surface area contributed by atoms with Gasteiger partial charge in [0.25, 0.3) is 0 Å². The number of nitrogens with one attached hydrogen (secondary N) is 1. The third-order valence-corrected chi connectivity index (χ3v) is 8.37. The number of hydrogen-bond donors (Lipinski definition) is 3. The number of ether oxygens (including phenoxy) is 1. The van der Waals surface area contributed by atoms with Crippen molar-refractivity contribution >= 4 is 51.7 Å². The molecule has 43 heavy (non-hydrogen) atoms. The number of aromatic nitrogens is 1. The molecule has 2 amide bonds. The van der Waals surface area contributed by atoms with E-state index in [-0.39, 0.29) is 17.3 Å². The zero-order valence-electron chi connectivity index (χ0n) is 24.7. The zero-order chi connectivity index (χ0) is 31.3. The Kier molecular flexibility index (Phi) is 10.3. The minimum absolute atomic E-state index is 0.0356. The lowest BCUT2D eigenvalue weighted by molar-refractivity contribution is -0.117. The molecule has 1 aliphatic rings. The number of thiazole rings is 1. The number of anilines is 2. The summed E-state index contributed by atoms with van der Waals surface area (Å²) in [5, 5.41) is 24.2. The molecule has 2 atom stereocenters. The molecule has 0 spiro atoms. The van der Waals surface area contributed by atoms with E-state index in [2.05, 4.69) is 10.3 Å². The summed E-state index contributed by atoms with van der Waals surface area (Å²) in [6.07, 6.45) is 0.485. The van der Waals surface area contributed by atoms with Crippen LogP contribution in [0, 0.1) is 6.92 Å². The van der Waals surface area contributed by atoms with Gasteiger partial charge in [0.1, 0.15) is 16.5 Å². The first-order valence-electron chi connectivity index (χ1n) is 14.1. The van der Waals surface area contributed by atoms with Gasteiger partial charge in [-0.3, -0.25) is 4.79 Å². The molecule has 0 radical (unpaired) electrons. The van der Waals surface area contributed by atoms with E-state index in [9.17, 15) is 24.6 Å². The summed E-state index contributed by atoms with van der Waals surface area (Å²) in [4.78, 5) is 45.5. The number of benzene rings is 2. The molecule has 0 aliphatic carbocycles. The highest BCUT2D eigenvalue weighted by molar-refractivity contribution is 7.17. The number of aliphatic hydroxyl groups is 1. The van der Waals surface area contributed by atoms with E-state index in [1.165, 1.54) is 4.90 Å². The van der Waals surface area contributed by atoms with E-state index >= 15 is 0 Å². The third kappa shape index (κ3) is 8.68. The summed E-state index contributed by atoms with van der Waals surface area (Å²) in [7, 11) is 0. The largest absolute Gasteiger partial charge is 0.477 e. The summed E-state index contributed by atoms with van der Waals surface area (Å²) in [6, 6.07) is 13.8. The Morgan fingerprint density at radius 3 is 2.56 bits per heavy atom. The van der Waals surface area contributed by atoms with E-state index in [1.807, 2.05) is 17.0 Å². The molecule has 4 rings (SSSR count). The molecular formula is C31H37ClN4O6S. The number of aromatic carboxylic acids is 1. The van der Waals surface area contributed by atoms with Gasteiger partial charge >= 0.3 is 12.1 Å². The predicted octanol–water partition coefficient (Wildman–Crippen LogP) is 5.92. The van der Waals surface area contributed by atoms with Crippen molar-refractivity contribution in [2.75, 3.05) is 29.9 Å². The molecule has 12 heteroatoms. The van der Waals surface area contributed by atoms with Crippen LogP contribution in [0.25, 0.3) is 0 Å². The molecule has 0 bridgehead atoms. The van der Waals surface area contributed by atoms with Gasteiger partial charge in [0, 0.05) is 23.8 Å². The molecule has 10 nitrogen and oxygen atoms in total. The summed E-state index contributed by atoms with van der Waals surface area (Å²) in [5.41, 5.74) is 1.92. The minimum Gasteiger partial charge on any atom is -0.477 e. The smallest absolute Gasteiger partial charge is 0.410 e. The number of carboxylic acid groups (broad SMARTS) is 1. The normalized spacial score (nSPS) is 15.7. The van der Waals surface area contributed by atoms with Gasteiger partial charge in [-0.15, -0.1) is 0 Å². The van der Waals surface area contributed by atoms with Crippen LogP contribution in [-0.2, 0) is 16.0 Å². The maximum absolute atomic E-state index is 13.2. The van der Waals surface area contributed by atoms with Crippen LogP contribution in [0.1, 0.15) is 66.2 Å². The number of carbonyl (C=O) groups excluding carboxylic acids is 2. The third-order valence-electron chi connectivity index (χ3n) is 6.95. The van der Waals surface area contributed by atoms with Crippen molar-refractivity contribution in [3.05, 3.63) is 75.3 Å². The second kappa shape index (κ2) is 13.7. The lowest BCUT2D eigenvalue weighted by Gasteiger charge is -2.29. The topological polar surface area (TPSA) is 132 Å². The van der Waals surface area contributed by atoms with Crippen LogP contribution in [0.4, 0.5) is 15.6 Å². The monoisotopic (exact) mass is 628 g/mol. The van der Waals surface area contributed by atoms with Crippen molar-refractivity contribution in [2.45, 2.75) is 64.7 Å². The Morgan fingerprint density at radius 2 is 1.93 bits per heavy atom. The van der Waals surface area contributed by atoms with E-state index in [0.717, 1.165) is 23.3 Å². The second-order valence-corrected chi connectivity index (χ2v) is 12.9. The molecule has 1 aromatic heterocycles. The zero-order valence-corrected chi connectivity index (χ0v) is 26.2. The molecule has 2 heterocycles.